The first kappa shape index (κ1) is 21.3. The number of nitrogens with one attached hydrogen (secondary N) is 1. The number of hydrogen-bond donors (Lipinski definition) is 1. The summed E-state index contributed by atoms with van der Waals surface area (Å²) in [5, 5.41) is 5.61. The predicted octanol–water partition coefficient (Wildman–Crippen LogP) is 5.90. The smallest absolute Gasteiger partial charge is 0.0670 e. The molecule has 0 spiro atoms. The van der Waals surface area contributed by atoms with Gasteiger partial charge in [-0.15, -0.1) is 0 Å². The van der Waals surface area contributed by atoms with Crippen LogP contribution in [0.5, 0.6) is 0 Å². The fourth-order valence-electron chi connectivity index (χ4n) is 4.55. The van der Waals surface area contributed by atoms with Crippen LogP contribution in [-0.2, 0) is 0 Å². The Morgan fingerprint density at radius 1 is 0.897 bits per heavy atom. The Balaban J connectivity index is 1.51. The molecule has 0 amide bonds. The molecule has 1 atom stereocenters. The molecule has 156 valence electrons. The first-order valence-corrected chi connectivity index (χ1v) is 11.6. The van der Waals surface area contributed by atoms with E-state index in [-0.39, 0.29) is 6.04 Å². The molecule has 0 unspecified atom stereocenters. The van der Waals surface area contributed by atoms with Gasteiger partial charge in [0.1, 0.15) is 0 Å². The molecule has 1 N–H and O–H groups in total. The summed E-state index contributed by atoms with van der Waals surface area (Å²) in [5.74, 6) is 0.856. The molecule has 2 saturated heterocycles. The van der Waals surface area contributed by atoms with Crippen molar-refractivity contribution >= 4 is 40.5 Å². The van der Waals surface area contributed by atoms with Crippen molar-refractivity contribution < 1.29 is 0 Å². The van der Waals surface area contributed by atoms with Crippen LogP contribution in [0.2, 0.25) is 15.1 Å². The fraction of sp³-hybridized carbons (Fsp3) is 0.478. The zero-order valence-corrected chi connectivity index (χ0v) is 18.9. The van der Waals surface area contributed by atoms with Crippen LogP contribution in [0, 0.1) is 5.92 Å². The van der Waals surface area contributed by atoms with Crippen LogP contribution in [0.15, 0.2) is 42.5 Å². The zero-order chi connectivity index (χ0) is 20.2. The van der Waals surface area contributed by atoms with E-state index in [9.17, 15) is 0 Å². The Morgan fingerprint density at radius 3 is 2.34 bits per heavy atom. The van der Waals surface area contributed by atoms with Gasteiger partial charge in [0.2, 0.25) is 0 Å². The summed E-state index contributed by atoms with van der Waals surface area (Å²) >= 11 is 18.9. The lowest BCUT2D eigenvalue weighted by Gasteiger charge is -2.44. The molecule has 0 radical (unpaired) electrons. The van der Waals surface area contributed by atoms with Crippen LogP contribution >= 0.6 is 34.8 Å². The lowest BCUT2D eigenvalue weighted by atomic mass is 9.94. The standard InChI is InChI=1S/C23H28Cl3N3/c24-19-3-1-18(2-4-19)23-16-28(12-9-17-7-10-27-11-8-17)13-14-29(23)22-6-5-20(25)15-21(22)26/h1-6,15,17,23,27H,7-14,16H2/t23-/m0/s1. The monoisotopic (exact) mass is 451 g/mol. The second kappa shape index (κ2) is 9.89. The quantitative estimate of drug-likeness (QED) is 0.609. The maximum Gasteiger partial charge on any atom is 0.0670 e. The lowest BCUT2D eigenvalue weighted by molar-refractivity contribution is 0.199. The van der Waals surface area contributed by atoms with Gasteiger partial charge in [-0.25, -0.2) is 0 Å². The number of anilines is 1. The van der Waals surface area contributed by atoms with Crippen molar-refractivity contribution in [3.8, 4) is 0 Å². The Hall–Kier alpha value is -0.970. The fourth-order valence-corrected chi connectivity index (χ4v) is 5.19. The molecule has 0 saturated carbocycles. The molecule has 2 heterocycles. The number of benzene rings is 2. The van der Waals surface area contributed by atoms with Gasteiger partial charge in [0.05, 0.1) is 16.8 Å². The van der Waals surface area contributed by atoms with Gasteiger partial charge in [-0.3, -0.25) is 4.90 Å². The van der Waals surface area contributed by atoms with Crippen molar-refractivity contribution in [2.45, 2.75) is 25.3 Å². The number of halogens is 3. The topological polar surface area (TPSA) is 18.5 Å². The highest BCUT2D eigenvalue weighted by Crippen LogP contribution is 2.37. The highest BCUT2D eigenvalue weighted by atomic mass is 35.5. The summed E-state index contributed by atoms with van der Waals surface area (Å²) in [6.07, 6.45) is 3.90. The maximum atomic E-state index is 6.57. The van der Waals surface area contributed by atoms with E-state index in [1.54, 1.807) is 0 Å². The lowest BCUT2D eigenvalue weighted by Crippen LogP contribution is -2.49. The summed E-state index contributed by atoms with van der Waals surface area (Å²) in [4.78, 5) is 5.03. The Morgan fingerprint density at radius 2 is 1.62 bits per heavy atom. The van der Waals surface area contributed by atoms with Gasteiger partial charge in [-0.1, -0.05) is 46.9 Å². The van der Waals surface area contributed by atoms with E-state index in [0.29, 0.717) is 10.0 Å². The largest absolute Gasteiger partial charge is 0.361 e. The van der Waals surface area contributed by atoms with Crippen molar-refractivity contribution in [2.75, 3.05) is 44.2 Å². The normalized spacial score (nSPS) is 21.5. The van der Waals surface area contributed by atoms with E-state index in [0.717, 1.165) is 42.8 Å². The Labute approximate surface area is 188 Å². The summed E-state index contributed by atoms with van der Waals surface area (Å²) in [6.45, 7) is 6.49. The third kappa shape index (κ3) is 5.39. The van der Waals surface area contributed by atoms with Crippen molar-refractivity contribution in [1.29, 1.82) is 0 Å². The molecular formula is C23H28Cl3N3. The summed E-state index contributed by atoms with van der Waals surface area (Å²) < 4.78 is 0. The third-order valence-corrected chi connectivity index (χ3v) is 7.04. The van der Waals surface area contributed by atoms with Gasteiger partial charge >= 0.3 is 0 Å². The molecule has 4 rings (SSSR count). The van der Waals surface area contributed by atoms with Gasteiger partial charge in [0, 0.05) is 29.7 Å². The van der Waals surface area contributed by atoms with Gasteiger partial charge in [0.15, 0.2) is 0 Å². The minimum Gasteiger partial charge on any atom is -0.361 e. The van der Waals surface area contributed by atoms with Crippen molar-refractivity contribution in [1.82, 2.24) is 10.2 Å². The van der Waals surface area contributed by atoms with E-state index in [2.05, 4.69) is 27.2 Å². The molecule has 2 aliphatic rings. The van der Waals surface area contributed by atoms with Crippen molar-refractivity contribution in [3.63, 3.8) is 0 Å². The molecule has 2 aliphatic heterocycles. The second-order valence-electron chi connectivity index (χ2n) is 8.14. The number of piperidine rings is 1. The van der Waals surface area contributed by atoms with E-state index in [1.807, 2.05) is 30.3 Å². The SMILES string of the molecule is Clc1ccc([C@@H]2CN(CCC3CCNCC3)CCN2c2ccc(Cl)cc2Cl)cc1. The first-order chi connectivity index (χ1) is 14.1. The molecule has 29 heavy (non-hydrogen) atoms. The summed E-state index contributed by atoms with van der Waals surface area (Å²) in [6, 6.07) is 14.3. The van der Waals surface area contributed by atoms with Crippen LogP contribution < -0.4 is 10.2 Å². The average Bonchev–Trinajstić information content (AvgIpc) is 2.74. The van der Waals surface area contributed by atoms with Gasteiger partial charge in [-0.2, -0.15) is 0 Å². The van der Waals surface area contributed by atoms with Crippen LogP contribution in [-0.4, -0.2) is 44.2 Å². The van der Waals surface area contributed by atoms with Crippen LogP contribution in [0.25, 0.3) is 0 Å². The van der Waals surface area contributed by atoms with E-state index in [4.69, 9.17) is 34.8 Å². The van der Waals surface area contributed by atoms with Crippen molar-refractivity contribution in [2.24, 2.45) is 5.92 Å². The minimum absolute atomic E-state index is 0.243. The highest BCUT2D eigenvalue weighted by Gasteiger charge is 2.30. The average molecular weight is 453 g/mol. The predicted molar refractivity (Wildman–Crippen MR) is 125 cm³/mol. The molecule has 2 aromatic rings. The molecule has 0 aliphatic carbocycles. The molecule has 2 aromatic carbocycles. The first-order valence-electron chi connectivity index (χ1n) is 10.5. The molecular weight excluding hydrogens is 425 g/mol. The molecule has 6 heteroatoms. The number of piperazine rings is 1. The number of nitrogens with zero attached hydrogens (tertiary/aromatic N) is 2. The van der Waals surface area contributed by atoms with E-state index < -0.39 is 0 Å². The zero-order valence-electron chi connectivity index (χ0n) is 16.6. The Bertz CT molecular complexity index is 806. The van der Waals surface area contributed by atoms with Gasteiger partial charge < -0.3 is 10.2 Å². The minimum atomic E-state index is 0.243. The van der Waals surface area contributed by atoms with E-state index >= 15 is 0 Å². The molecule has 3 nitrogen and oxygen atoms in total. The second-order valence-corrected chi connectivity index (χ2v) is 9.42. The molecule has 2 fully saturated rings. The number of rotatable bonds is 5. The van der Waals surface area contributed by atoms with Crippen molar-refractivity contribution in [3.05, 3.63) is 63.1 Å². The Kier molecular flexibility index (Phi) is 7.25. The molecule has 0 bridgehead atoms. The van der Waals surface area contributed by atoms with Gasteiger partial charge in [0.25, 0.3) is 0 Å². The summed E-state index contributed by atoms with van der Waals surface area (Å²) in [5.41, 5.74) is 2.32. The van der Waals surface area contributed by atoms with E-state index in [1.165, 1.54) is 37.9 Å². The highest BCUT2D eigenvalue weighted by molar-refractivity contribution is 6.36. The summed E-state index contributed by atoms with van der Waals surface area (Å²) in [7, 11) is 0. The number of hydrogen-bond acceptors (Lipinski definition) is 3. The molecule has 0 aromatic heterocycles. The maximum absolute atomic E-state index is 6.57. The third-order valence-electron chi connectivity index (χ3n) is 6.25. The van der Waals surface area contributed by atoms with Gasteiger partial charge in [-0.05, 0) is 80.7 Å². The van der Waals surface area contributed by atoms with Crippen LogP contribution in [0.1, 0.15) is 30.9 Å². The van der Waals surface area contributed by atoms with Crippen LogP contribution in [0.4, 0.5) is 5.69 Å². The van der Waals surface area contributed by atoms with Crippen LogP contribution in [0.3, 0.4) is 0 Å².